The van der Waals surface area contributed by atoms with E-state index in [1.165, 1.54) is 11.2 Å². The number of carbonyl (C=O) groups is 2. The van der Waals surface area contributed by atoms with E-state index in [4.69, 9.17) is 9.15 Å². The number of aromatic nitrogens is 2. The van der Waals surface area contributed by atoms with Crippen LogP contribution in [0.2, 0.25) is 0 Å². The van der Waals surface area contributed by atoms with Gasteiger partial charge in [0.15, 0.2) is 0 Å². The Hall–Kier alpha value is -4.59. The number of carbonyl (C=O) groups excluding carboxylic acids is 2. The van der Waals surface area contributed by atoms with Gasteiger partial charge < -0.3 is 23.7 Å². The zero-order valence-electron chi connectivity index (χ0n) is 20.4. The van der Waals surface area contributed by atoms with E-state index in [1.807, 2.05) is 42.0 Å². The number of hydrogen-bond acceptors (Lipinski definition) is 6. The number of ether oxygens (including phenoxy) is 1. The number of Topliss-reactive ketones (excluding diaryl/α,β-unsaturated/α-hetero) is 1. The maximum absolute atomic E-state index is 13.1. The summed E-state index contributed by atoms with van der Waals surface area (Å²) in [6.45, 7) is 3.40. The number of likely N-dealkylation sites (tertiary alicyclic amines) is 1. The van der Waals surface area contributed by atoms with Crippen molar-refractivity contribution in [3.8, 4) is 5.75 Å². The van der Waals surface area contributed by atoms with Crippen LogP contribution in [0.15, 0.2) is 95.6 Å². The molecule has 1 fully saturated rings. The molecule has 5 rings (SSSR count). The SMILES string of the molecule is Cc1ccccc1COc1ccc(C(O)=C2C(=O)C(=O)N(CCCn3ccnc3)C2c2ccco2)cc1. The second kappa shape index (κ2) is 10.6. The molecule has 8 nitrogen and oxygen atoms in total. The summed E-state index contributed by atoms with van der Waals surface area (Å²) in [7, 11) is 0. The highest BCUT2D eigenvalue weighted by molar-refractivity contribution is 6.46. The lowest BCUT2D eigenvalue weighted by Gasteiger charge is -2.23. The minimum Gasteiger partial charge on any atom is -0.507 e. The monoisotopic (exact) mass is 497 g/mol. The first kappa shape index (κ1) is 24.1. The predicted molar refractivity (Wildman–Crippen MR) is 137 cm³/mol. The van der Waals surface area contributed by atoms with Crippen LogP contribution >= 0.6 is 0 Å². The number of amides is 1. The Kier molecular flexibility index (Phi) is 6.89. The van der Waals surface area contributed by atoms with Crippen molar-refractivity contribution in [3.05, 3.63) is 114 Å². The van der Waals surface area contributed by atoms with Crippen LogP contribution in [0.5, 0.6) is 5.75 Å². The molecule has 188 valence electrons. The van der Waals surface area contributed by atoms with E-state index in [1.54, 1.807) is 48.9 Å². The minimum atomic E-state index is -0.810. The second-order valence-electron chi connectivity index (χ2n) is 8.90. The molecule has 1 amide bonds. The Morgan fingerprint density at radius 2 is 1.86 bits per heavy atom. The molecule has 1 saturated heterocycles. The van der Waals surface area contributed by atoms with Crippen molar-refractivity contribution in [1.29, 1.82) is 0 Å². The molecule has 1 unspecified atom stereocenters. The second-order valence-corrected chi connectivity index (χ2v) is 8.90. The van der Waals surface area contributed by atoms with Crippen molar-refractivity contribution in [2.75, 3.05) is 6.54 Å². The maximum Gasteiger partial charge on any atom is 0.295 e. The molecule has 0 saturated carbocycles. The molecule has 3 heterocycles. The average Bonchev–Trinajstić information content (AvgIpc) is 3.67. The van der Waals surface area contributed by atoms with Gasteiger partial charge in [-0.3, -0.25) is 9.59 Å². The molecule has 4 aromatic rings. The standard InChI is InChI=1S/C29H27N3O5/c1-20-6-2-3-7-22(20)18-37-23-11-9-21(10-12-23)27(33)25-26(24-8-4-17-36-24)32(29(35)28(25)34)15-5-14-31-16-13-30-19-31/h2-4,6-13,16-17,19,26,33H,5,14-15,18H2,1H3. The molecule has 0 bridgehead atoms. The van der Waals surface area contributed by atoms with E-state index < -0.39 is 17.7 Å². The number of benzene rings is 2. The Morgan fingerprint density at radius 3 is 2.57 bits per heavy atom. The molecule has 2 aromatic carbocycles. The highest BCUT2D eigenvalue weighted by atomic mass is 16.5. The maximum atomic E-state index is 13.1. The number of furan rings is 1. The fourth-order valence-electron chi connectivity index (χ4n) is 4.49. The van der Waals surface area contributed by atoms with Crippen LogP contribution in [0, 0.1) is 6.92 Å². The van der Waals surface area contributed by atoms with E-state index in [0.29, 0.717) is 43.2 Å². The number of aryl methyl sites for hydroxylation is 2. The summed E-state index contributed by atoms with van der Waals surface area (Å²) in [6, 6.07) is 17.4. The lowest BCUT2D eigenvalue weighted by Crippen LogP contribution is -2.31. The van der Waals surface area contributed by atoms with Gasteiger partial charge in [-0.25, -0.2) is 4.98 Å². The molecule has 37 heavy (non-hydrogen) atoms. The quantitative estimate of drug-likeness (QED) is 0.201. The first-order valence-corrected chi connectivity index (χ1v) is 12.1. The van der Waals surface area contributed by atoms with Crippen molar-refractivity contribution in [2.45, 2.75) is 32.5 Å². The number of aliphatic hydroxyl groups is 1. The third-order valence-electron chi connectivity index (χ3n) is 6.51. The summed E-state index contributed by atoms with van der Waals surface area (Å²) in [5.41, 5.74) is 2.65. The molecule has 1 aliphatic rings. The Balaban J connectivity index is 1.37. The zero-order chi connectivity index (χ0) is 25.8. The van der Waals surface area contributed by atoms with Crippen LogP contribution in [0.3, 0.4) is 0 Å². The third kappa shape index (κ3) is 5.04. The first-order valence-electron chi connectivity index (χ1n) is 12.1. The van der Waals surface area contributed by atoms with Gasteiger partial charge in [0.05, 0.1) is 18.2 Å². The third-order valence-corrected chi connectivity index (χ3v) is 6.51. The Morgan fingerprint density at radius 1 is 1.05 bits per heavy atom. The van der Waals surface area contributed by atoms with Crippen LogP contribution < -0.4 is 4.74 Å². The highest BCUT2D eigenvalue weighted by Gasteiger charge is 2.47. The molecule has 2 aromatic heterocycles. The molecule has 0 spiro atoms. The van der Waals surface area contributed by atoms with Crippen molar-refractivity contribution in [1.82, 2.24) is 14.5 Å². The molecule has 1 N–H and O–H groups in total. The minimum absolute atomic E-state index is 0.0103. The Labute approximate surface area is 214 Å². The lowest BCUT2D eigenvalue weighted by molar-refractivity contribution is -0.140. The molecule has 8 heteroatoms. The van der Waals surface area contributed by atoms with Gasteiger partial charge in [-0.15, -0.1) is 0 Å². The number of imidazole rings is 1. The highest BCUT2D eigenvalue weighted by Crippen LogP contribution is 2.39. The van der Waals surface area contributed by atoms with Crippen molar-refractivity contribution >= 4 is 17.4 Å². The zero-order valence-corrected chi connectivity index (χ0v) is 20.4. The van der Waals surface area contributed by atoms with Gasteiger partial charge in [0.1, 0.15) is 29.9 Å². The summed E-state index contributed by atoms with van der Waals surface area (Å²) >= 11 is 0. The van der Waals surface area contributed by atoms with Crippen molar-refractivity contribution < 1.29 is 23.8 Å². The fourth-order valence-corrected chi connectivity index (χ4v) is 4.49. The predicted octanol–water partition coefficient (Wildman–Crippen LogP) is 4.88. The largest absolute Gasteiger partial charge is 0.507 e. The number of ketones is 1. The van der Waals surface area contributed by atoms with Gasteiger partial charge in [0.25, 0.3) is 11.7 Å². The van der Waals surface area contributed by atoms with Gasteiger partial charge >= 0.3 is 0 Å². The van der Waals surface area contributed by atoms with Gasteiger partial charge in [-0.2, -0.15) is 0 Å². The molecular weight excluding hydrogens is 470 g/mol. The van der Waals surface area contributed by atoms with Crippen LogP contribution in [0.1, 0.15) is 34.9 Å². The van der Waals surface area contributed by atoms with Crippen LogP contribution in [-0.4, -0.2) is 37.8 Å². The number of nitrogens with zero attached hydrogens (tertiary/aromatic N) is 3. The van der Waals surface area contributed by atoms with E-state index in [2.05, 4.69) is 4.98 Å². The van der Waals surface area contributed by atoms with Crippen LogP contribution in [0.25, 0.3) is 5.76 Å². The number of rotatable bonds is 9. The van der Waals surface area contributed by atoms with E-state index in [-0.39, 0.29) is 11.3 Å². The smallest absolute Gasteiger partial charge is 0.295 e. The molecule has 1 aliphatic heterocycles. The first-order chi connectivity index (χ1) is 18.0. The molecular formula is C29H27N3O5. The average molecular weight is 498 g/mol. The van der Waals surface area contributed by atoms with Gasteiger partial charge in [0, 0.05) is 31.0 Å². The van der Waals surface area contributed by atoms with E-state index in [0.717, 1.165) is 11.1 Å². The molecule has 0 aliphatic carbocycles. The van der Waals surface area contributed by atoms with Crippen molar-refractivity contribution in [2.24, 2.45) is 0 Å². The summed E-state index contributed by atoms with van der Waals surface area (Å²) in [5, 5.41) is 11.2. The summed E-state index contributed by atoms with van der Waals surface area (Å²) in [4.78, 5) is 31.6. The topological polar surface area (TPSA) is 97.8 Å². The van der Waals surface area contributed by atoms with Gasteiger partial charge in [0.2, 0.25) is 0 Å². The summed E-state index contributed by atoms with van der Waals surface area (Å²) in [6.07, 6.45) is 7.32. The van der Waals surface area contributed by atoms with E-state index in [9.17, 15) is 14.7 Å². The van der Waals surface area contributed by atoms with Crippen LogP contribution in [0.4, 0.5) is 0 Å². The summed E-state index contributed by atoms with van der Waals surface area (Å²) < 4.78 is 13.4. The normalized spacial score (nSPS) is 16.9. The fraction of sp³-hybridized carbons (Fsp3) is 0.207. The lowest BCUT2D eigenvalue weighted by atomic mass is 9.99. The van der Waals surface area contributed by atoms with Gasteiger partial charge in [-0.05, 0) is 60.9 Å². The van der Waals surface area contributed by atoms with Crippen molar-refractivity contribution in [3.63, 3.8) is 0 Å². The van der Waals surface area contributed by atoms with Crippen LogP contribution in [-0.2, 0) is 22.7 Å². The van der Waals surface area contributed by atoms with Gasteiger partial charge in [-0.1, -0.05) is 24.3 Å². The molecule has 0 radical (unpaired) electrons. The summed E-state index contributed by atoms with van der Waals surface area (Å²) in [5.74, 6) is -0.598. The molecule has 1 atom stereocenters. The van der Waals surface area contributed by atoms with E-state index >= 15 is 0 Å². The Bertz CT molecular complexity index is 1410. The number of hydrogen-bond donors (Lipinski definition) is 1. The number of aliphatic hydroxyl groups excluding tert-OH is 1.